The summed E-state index contributed by atoms with van der Waals surface area (Å²) in [5.74, 6) is 0.0505. The zero-order valence-electron chi connectivity index (χ0n) is 15.5. The fraction of sp³-hybridized carbons (Fsp3) is 0.381. The molecular formula is C21H24N2O3S. The van der Waals surface area contributed by atoms with Gasteiger partial charge < -0.3 is 4.90 Å². The zero-order valence-corrected chi connectivity index (χ0v) is 16.3. The molecule has 2 heterocycles. The fourth-order valence-corrected chi connectivity index (χ4v) is 5.80. The maximum Gasteiger partial charge on any atom is 0.264 e. The molecule has 27 heavy (non-hydrogen) atoms. The van der Waals surface area contributed by atoms with Crippen molar-refractivity contribution in [1.82, 2.24) is 4.90 Å². The highest BCUT2D eigenvalue weighted by molar-refractivity contribution is 7.92. The lowest BCUT2D eigenvalue weighted by molar-refractivity contribution is 0.0724. The van der Waals surface area contributed by atoms with Gasteiger partial charge in [-0.15, -0.1) is 0 Å². The average molecular weight is 385 g/mol. The predicted molar refractivity (Wildman–Crippen MR) is 105 cm³/mol. The highest BCUT2D eigenvalue weighted by Gasteiger charge is 2.36. The second kappa shape index (κ2) is 7.00. The third-order valence-corrected chi connectivity index (χ3v) is 7.37. The van der Waals surface area contributed by atoms with Crippen molar-refractivity contribution in [2.75, 3.05) is 17.4 Å². The van der Waals surface area contributed by atoms with Gasteiger partial charge in [-0.25, -0.2) is 8.42 Å². The number of hydrogen-bond donors (Lipinski definition) is 0. The van der Waals surface area contributed by atoms with Crippen molar-refractivity contribution >= 4 is 21.6 Å². The molecule has 1 saturated heterocycles. The zero-order chi connectivity index (χ0) is 19.0. The molecule has 6 heteroatoms. The van der Waals surface area contributed by atoms with Gasteiger partial charge in [0.2, 0.25) is 0 Å². The summed E-state index contributed by atoms with van der Waals surface area (Å²) in [5.41, 5.74) is 2.26. The van der Waals surface area contributed by atoms with Crippen LogP contribution >= 0.6 is 0 Å². The van der Waals surface area contributed by atoms with E-state index in [0.29, 0.717) is 17.7 Å². The first-order valence-electron chi connectivity index (χ1n) is 9.50. The van der Waals surface area contributed by atoms with Crippen LogP contribution in [0.3, 0.4) is 0 Å². The number of fused-ring (bicyclic) bond motifs is 1. The van der Waals surface area contributed by atoms with Crippen LogP contribution in [0.4, 0.5) is 5.69 Å². The minimum Gasteiger partial charge on any atom is -0.339 e. The quantitative estimate of drug-likeness (QED) is 0.814. The molecule has 4 rings (SSSR count). The van der Waals surface area contributed by atoms with Gasteiger partial charge in [0.1, 0.15) is 0 Å². The number of rotatable bonds is 3. The van der Waals surface area contributed by atoms with E-state index in [1.54, 1.807) is 42.5 Å². The van der Waals surface area contributed by atoms with Crippen LogP contribution in [0.5, 0.6) is 0 Å². The monoisotopic (exact) mass is 384 g/mol. The van der Waals surface area contributed by atoms with Crippen LogP contribution < -0.4 is 4.31 Å². The Labute approximate surface area is 160 Å². The van der Waals surface area contributed by atoms with E-state index in [1.165, 1.54) is 10.7 Å². The topological polar surface area (TPSA) is 57.7 Å². The SMILES string of the molecule is C[C@@H]1Cc2cc(C(=O)N3CCCCC3)ccc2N1S(=O)(=O)c1ccccc1. The first kappa shape index (κ1) is 18.0. The van der Waals surface area contributed by atoms with E-state index in [1.807, 2.05) is 17.9 Å². The first-order valence-corrected chi connectivity index (χ1v) is 10.9. The number of hydrogen-bond acceptors (Lipinski definition) is 3. The average Bonchev–Trinajstić information content (AvgIpc) is 3.04. The number of sulfonamides is 1. The summed E-state index contributed by atoms with van der Waals surface area (Å²) in [6, 6.07) is 13.8. The number of carbonyl (C=O) groups is 1. The van der Waals surface area contributed by atoms with Crippen LogP contribution in [0.2, 0.25) is 0 Å². The maximum atomic E-state index is 13.1. The molecule has 142 valence electrons. The summed E-state index contributed by atoms with van der Waals surface area (Å²) in [6.07, 6.45) is 3.90. The molecule has 1 amide bonds. The largest absolute Gasteiger partial charge is 0.339 e. The Morgan fingerprint density at radius 3 is 2.41 bits per heavy atom. The van der Waals surface area contributed by atoms with Crippen molar-refractivity contribution in [3.63, 3.8) is 0 Å². The summed E-state index contributed by atoms with van der Waals surface area (Å²) in [4.78, 5) is 15.0. The number of nitrogens with zero attached hydrogens (tertiary/aromatic N) is 2. The Morgan fingerprint density at radius 2 is 1.70 bits per heavy atom. The smallest absolute Gasteiger partial charge is 0.264 e. The lowest BCUT2D eigenvalue weighted by atomic mass is 10.0. The van der Waals surface area contributed by atoms with Crippen LogP contribution in [0.15, 0.2) is 53.4 Å². The van der Waals surface area contributed by atoms with E-state index < -0.39 is 10.0 Å². The fourth-order valence-electron chi connectivity index (χ4n) is 4.09. The van der Waals surface area contributed by atoms with Crippen molar-refractivity contribution in [3.8, 4) is 0 Å². The second-order valence-corrected chi connectivity index (χ2v) is 9.18. The molecule has 2 aliphatic rings. The summed E-state index contributed by atoms with van der Waals surface area (Å²) < 4.78 is 27.7. The Balaban J connectivity index is 1.66. The molecule has 0 bridgehead atoms. The molecule has 5 nitrogen and oxygen atoms in total. The van der Waals surface area contributed by atoms with Gasteiger partial charge in [0, 0.05) is 24.7 Å². The molecule has 1 fully saturated rings. The Bertz CT molecular complexity index is 951. The van der Waals surface area contributed by atoms with Crippen LogP contribution in [0.25, 0.3) is 0 Å². The number of anilines is 1. The number of benzene rings is 2. The molecular weight excluding hydrogens is 360 g/mol. The van der Waals surface area contributed by atoms with Crippen molar-refractivity contribution in [2.24, 2.45) is 0 Å². The molecule has 0 N–H and O–H groups in total. The van der Waals surface area contributed by atoms with Crippen LogP contribution in [-0.2, 0) is 16.4 Å². The van der Waals surface area contributed by atoms with Crippen molar-refractivity contribution < 1.29 is 13.2 Å². The molecule has 2 aliphatic heterocycles. The summed E-state index contributed by atoms with van der Waals surface area (Å²) in [6.45, 7) is 3.52. The van der Waals surface area contributed by atoms with Gasteiger partial charge in [0.25, 0.3) is 15.9 Å². The third-order valence-electron chi connectivity index (χ3n) is 5.42. The number of likely N-dealkylation sites (tertiary alicyclic amines) is 1. The highest BCUT2D eigenvalue weighted by atomic mass is 32.2. The predicted octanol–water partition coefficient (Wildman–Crippen LogP) is 3.45. The minimum atomic E-state index is -3.62. The van der Waals surface area contributed by atoms with Gasteiger partial charge in [-0.3, -0.25) is 9.10 Å². The molecule has 0 aliphatic carbocycles. The van der Waals surface area contributed by atoms with Gasteiger partial charge in [-0.1, -0.05) is 18.2 Å². The van der Waals surface area contributed by atoms with Crippen LogP contribution in [-0.4, -0.2) is 38.4 Å². The summed E-state index contributed by atoms with van der Waals surface area (Å²) in [7, 11) is -3.62. The van der Waals surface area contributed by atoms with E-state index in [0.717, 1.165) is 31.5 Å². The second-order valence-electron chi connectivity index (χ2n) is 7.36. The van der Waals surface area contributed by atoms with Crippen molar-refractivity contribution in [1.29, 1.82) is 0 Å². The van der Waals surface area contributed by atoms with Gasteiger partial charge in [0.15, 0.2) is 0 Å². The van der Waals surface area contributed by atoms with Gasteiger partial charge in [-0.05, 0) is 68.5 Å². The molecule has 0 aromatic heterocycles. The lowest BCUT2D eigenvalue weighted by Gasteiger charge is -2.27. The molecule has 2 aromatic carbocycles. The molecule has 0 spiro atoms. The highest BCUT2D eigenvalue weighted by Crippen LogP contribution is 2.37. The Kier molecular flexibility index (Phi) is 4.68. The van der Waals surface area contributed by atoms with Crippen LogP contribution in [0.1, 0.15) is 42.1 Å². The number of piperidine rings is 1. The van der Waals surface area contributed by atoms with E-state index in [-0.39, 0.29) is 16.8 Å². The van der Waals surface area contributed by atoms with Crippen molar-refractivity contribution in [2.45, 2.75) is 43.5 Å². The first-order chi connectivity index (χ1) is 13.0. The molecule has 0 radical (unpaired) electrons. The number of amides is 1. The Hall–Kier alpha value is -2.34. The minimum absolute atomic E-state index is 0.0505. The normalized spacial score (nSPS) is 19.8. The van der Waals surface area contributed by atoms with E-state index in [9.17, 15) is 13.2 Å². The molecule has 0 unspecified atom stereocenters. The van der Waals surface area contributed by atoms with Gasteiger partial charge >= 0.3 is 0 Å². The number of carbonyl (C=O) groups excluding carboxylic acids is 1. The van der Waals surface area contributed by atoms with E-state index in [2.05, 4.69) is 0 Å². The maximum absolute atomic E-state index is 13.1. The molecule has 0 saturated carbocycles. The van der Waals surface area contributed by atoms with E-state index >= 15 is 0 Å². The van der Waals surface area contributed by atoms with Crippen LogP contribution in [0, 0.1) is 0 Å². The van der Waals surface area contributed by atoms with Crippen molar-refractivity contribution in [3.05, 3.63) is 59.7 Å². The molecule has 2 aromatic rings. The third kappa shape index (κ3) is 3.23. The Morgan fingerprint density at radius 1 is 1.00 bits per heavy atom. The summed E-state index contributed by atoms with van der Waals surface area (Å²) in [5, 5.41) is 0. The standard InChI is InChI=1S/C21H24N2O3S/c1-16-14-18-15-17(21(24)22-12-6-3-7-13-22)10-11-20(18)23(16)27(25,26)19-8-4-2-5-9-19/h2,4-5,8-11,15-16H,3,6-7,12-14H2,1H3/t16-/m1/s1. The lowest BCUT2D eigenvalue weighted by Crippen LogP contribution is -2.36. The van der Waals surface area contributed by atoms with Gasteiger partial charge in [0.05, 0.1) is 10.6 Å². The summed E-state index contributed by atoms with van der Waals surface area (Å²) >= 11 is 0. The molecule has 1 atom stereocenters. The van der Waals surface area contributed by atoms with Gasteiger partial charge in [-0.2, -0.15) is 0 Å². The van der Waals surface area contributed by atoms with E-state index in [4.69, 9.17) is 0 Å².